The van der Waals surface area contributed by atoms with Gasteiger partial charge in [-0.2, -0.15) is 0 Å². The molecule has 0 atom stereocenters. The fraction of sp³-hybridized carbons (Fsp3) is 0.250. The predicted molar refractivity (Wildman–Crippen MR) is 587 cm³/mol. The Balaban J connectivity index is 0.902. The number of nitrogens with zero attached hydrogens (tertiary/aromatic N) is 8. The Bertz CT molecular complexity index is 9930. The van der Waals surface area contributed by atoms with E-state index in [1.165, 1.54) is 229 Å². The Labute approximate surface area is 829 Å². The summed E-state index contributed by atoms with van der Waals surface area (Å²) < 4.78 is 11.9. The van der Waals surface area contributed by atoms with E-state index in [9.17, 15) is 0 Å². The molecule has 0 fully saturated rings. The molecule has 4 aromatic heterocycles. The Morgan fingerprint density at radius 1 is 0.239 bits per heavy atom. The first-order valence-electron chi connectivity index (χ1n) is 49.7. The number of allylic oxidation sites excluding steroid dienone is 3. The number of aromatic nitrogens is 4. The molecule has 4 radical (unpaired) electrons. The molecule has 8 aliphatic rings. The summed E-state index contributed by atoms with van der Waals surface area (Å²) in [6, 6.07) is 81.8. The Morgan fingerprint density at radius 2 is 0.630 bits per heavy atom. The molecule has 10 heteroatoms. The Hall–Kier alpha value is -12.2. The van der Waals surface area contributed by atoms with Gasteiger partial charge in [0, 0.05) is 0 Å². The van der Waals surface area contributed by atoms with E-state index in [2.05, 4.69) is 406 Å². The third kappa shape index (κ3) is 11.6. The van der Waals surface area contributed by atoms with E-state index in [1.807, 2.05) is 0 Å². The van der Waals surface area contributed by atoms with Crippen molar-refractivity contribution in [3.63, 3.8) is 0 Å². The van der Waals surface area contributed by atoms with Gasteiger partial charge in [0.25, 0.3) is 0 Å². The summed E-state index contributed by atoms with van der Waals surface area (Å²) in [5.74, 6) is 0. The van der Waals surface area contributed by atoms with Crippen LogP contribution in [-0.2, 0) is 43.3 Å². The summed E-state index contributed by atoms with van der Waals surface area (Å²) in [4.78, 5) is 26.4. The second kappa shape index (κ2) is 27.1. The van der Waals surface area contributed by atoms with Gasteiger partial charge in [-0.3, -0.25) is 0 Å². The van der Waals surface area contributed by atoms with Gasteiger partial charge in [-0.15, -0.1) is 0 Å². The number of aliphatic imine (C=N–C) groups is 3. The summed E-state index contributed by atoms with van der Waals surface area (Å²) in [6.45, 7) is 57.7. The molecule has 28 rings (SSSR count). The number of rotatable bonds is 4. The zero-order valence-corrected chi connectivity index (χ0v) is 91.3. The zero-order valence-electron chi connectivity index (χ0n) is 83.5. The third-order valence-corrected chi connectivity index (χ3v) is 42.6. The fourth-order valence-electron chi connectivity index (χ4n) is 24.6. The van der Waals surface area contributed by atoms with Gasteiger partial charge in [0.1, 0.15) is 0 Å². The molecule has 8 aliphatic heterocycles. The molecular weight excluding hydrogens is 2060 g/mol. The standard InChI is InChI=1S/C128H110N8.2Pb/c1-121(2,3)73-43-69(44-74(53-73)122(4,5)6)103-91-39-41-93(129-91)111-82-38-36-66-34-32-63-27-25-29-67-51-83(110(82)108(66)101(63)67)85-58-98(132-116(85)111)106(72-49-79(127(19,20)21)56-80(50-72)128(22,23)24)100-62-89-88-61-99-105(71-47-77(125(13,14)15)55-78(48-71)126(16,17)18)97-57-84-81-37-35-65-33-31-64-28-26-30-68-52-90(109(81)107(65)102(64)68)112(115(84)131-97)94-42-40-92(130-94)104(70-45-75(123(7,8)9)54-76(46-70)124(10,11)12)96-60-87-86-59-95(103)133-117(86)114(120(89)136-100)113(118(87)134-96)119(88)135-99;;/h25-62H,1-24H3;;/q-4;2*+2. The van der Waals surface area contributed by atoms with Gasteiger partial charge >= 0.3 is 837 Å². The number of hydrogen-bond donors (Lipinski definition) is 0. The molecule has 12 heterocycles. The molecular formula is C128H110N8Pb2. The average molecular weight is 2170 g/mol. The molecule has 8 nitrogen and oxygen atoms in total. The first kappa shape index (κ1) is 83.9. The van der Waals surface area contributed by atoms with Gasteiger partial charge in [0.15, 0.2) is 0 Å². The van der Waals surface area contributed by atoms with E-state index in [1.54, 1.807) is 0 Å². The monoisotopic (exact) mass is 2170 g/mol. The summed E-state index contributed by atoms with van der Waals surface area (Å²) in [5.41, 5.74) is 32.1. The molecule has 0 saturated carbocycles. The molecule has 670 valence electrons. The van der Waals surface area contributed by atoms with Crippen LogP contribution >= 0.6 is 0 Å². The third-order valence-electron chi connectivity index (χ3n) is 32.2. The van der Waals surface area contributed by atoms with Crippen LogP contribution in [0.1, 0.15) is 250 Å². The second-order valence-corrected chi connectivity index (χ2v) is 58.0. The maximum absolute atomic E-state index is 6.76. The van der Waals surface area contributed by atoms with Crippen molar-refractivity contribution in [2.75, 3.05) is 0 Å². The summed E-state index contributed by atoms with van der Waals surface area (Å²) in [7, 11) is 0. The summed E-state index contributed by atoms with van der Waals surface area (Å²) >= 11 is -5.81. The van der Waals surface area contributed by atoms with Crippen LogP contribution in [0.25, 0.3) is 170 Å². The SMILES string of the molecule is CC(C)(C)c1cc(C2=C3C=c4c(c(c5ccc6ccc7cccc8cc4c5c6c78)=c4ccc5[n]4[Pb][n]4c2cc2c6c7c8c(c9c(c%10cc%11[n](c%108)[Pb][n]8c(cc%10c%12ccc%13ccc%14cccc%15cc(c(c%108)C8=NC(=C%11c%10cc(C(C)(C)C)cc(C(C)(C)C)c%10)C=C8)c%12c%13c%14%15)=C(c8cc(C(C)(C)C)cc(C(C)(C)C)c8)C(=N7)C=6)=CC(=N9)C=5c5cc(C(C)(C)C)cc(C(C)(C)C)c5)c24)=N3)cc(C(C)(C)C)c1. The van der Waals surface area contributed by atoms with Crippen molar-refractivity contribution in [1.29, 1.82) is 0 Å². The van der Waals surface area contributed by atoms with Gasteiger partial charge in [0.05, 0.1) is 0 Å². The van der Waals surface area contributed by atoms with Crippen LogP contribution in [0.4, 0.5) is 11.4 Å². The molecule has 20 aromatic rings. The van der Waals surface area contributed by atoms with Gasteiger partial charge in [0.2, 0.25) is 0 Å². The molecule has 0 aliphatic carbocycles. The molecule has 12 bridgehead atoms. The number of fused-ring (bicyclic) bond motifs is 9. The van der Waals surface area contributed by atoms with Crippen molar-refractivity contribution in [1.82, 2.24) is 9.51 Å². The molecule has 0 unspecified atom stereocenters. The molecule has 0 spiro atoms. The average Bonchev–Trinajstić information content (AvgIpc) is 1.50. The normalized spacial score (nSPS) is 15.9. The van der Waals surface area contributed by atoms with E-state index in [-0.39, 0.29) is 43.3 Å². The molecule has 16 aromatic carbocycles. The summed E-state index contributed by atoms with van der Waals surface area (Å²) in [5, 5.41) is 35.5. The molecule has 138 heavy (non-hydrogen) atoms. The Kier molecular flexibility index (Phi) is 16.4. The zero-order chi connectivity index (χ0) is 94.9. The fourth-order valence-corrected chi connectivity index (χ4v) is 35.7. The maximum atomic E-state index is 6.76. The number of hydrogen-bond acceptors (Lipinski definition) is 4. The van der Waals surface area contributed by atoms with E-state index < -0.39 is 49.7 Å². The first-order valence-corrected chi connectivity index (χ1v) is 56.7. The van der Waals surface area contributed by atoms with Crippen molar-refractivity contribution < 1.29 is 0 Å². The van der Waals surface area contributed by atoms with Gasteiger partial charge in [-0.05, 0) is 0 Å². The van der Waals surface area contributed by atoms with Crippen LogP contribution in [0.15, 0.2) is 244 Å². The van der Waals surface area contributed by atoms with Gasteiger partial charge < -0.3 is 0 Å². The van der Waals surface area contributed by atoms with Crippen LogP contribution in [-0.4, -0.2) is 76.3 Å². The van der Waals surface area contributed by atoms with Crippen molar-refractivity contribution in [3.8, 4) is 0 Å². The molecule has 0 N–H and O–H groups in total. The van der Waals surface area contributed by atoms with Crippen LogP contribution in [0, 0.1) is 10.6 Å². The summed E-state index contributed by atoms with van der Waals surface area (Å²) in [6.07, 6.45) is 12.6. The van der Waals surface area contributed by atoms with E-state index in [0.29, 0.717) is 0 Å². The first-order chi connectivity index (χ1) is 65.4. The minimum atomic E-state index is -2.92. The second-order valence-electron chi connectivity index (χ2n) is 49.5. The molecule has 0 saturated heterocycles. The van der Waals surface area contributed by atoms with Crippen molar-refractivity contribution >= 4 is 248 Å². The quantitative estimate of drug-likeness (QED) is 0.0957. The Morgan fingerprint density at radius 3 is 1.09 bits per heavy atom. The van der Waals surface area contributed by atoms with Crippen LogP contribution in [0.3, 0.4) is 0 Å². The topological polar surface area (TPSA) is 69.2 Å². The van der Waals surface area contributed by atoms with Crippen LogP contribution in [0.5, 0.6) is 0 Å². The van der Waals surface area contributed by atoms with Crippen LogP contribution in [0.2, 0.25) is 0 Å². The number of benzene rings is 16. The van der Waals surface area contributed by atoms with Crippen molar-refractivity contribution in [2.45, 2.75) is 209 Å². The van der Waals surface area contributed by atoms with E-state index in [4.69, 9.17) is 20.0 Å². The van der Waals surface area contributed by atoms with Crippen LogP contribution < -0.4 is 31.7 Å². The van der Waals surface area contributed by atoms with E-state index >= 15 is 0 Å². The van der Waals surface area contributed by atoms with Gasteiger partial charge in [-0.1, -0.05) is 0 Å². The molecule has 0 amide bonds. The predicted octanol–water partition coefficient (Wildman–Crippen LogP) is 27.0. The van der Waals surface area contributed by atoms with Gasteiger partial charge in [-0.25, -0.2) is 0 Å². The van der Waals surface area contributed by atoms with Crippen molar-refractivity contribution in [3.05, 3.63) is 350 Å². The minimum absolute atomic E-state index is 0.209. The van der Waals surface area contributed by atoms with E-state index in [0.717, 1.165) is 88.8 Å². The van der Waals surface area contributed by atoms with Crippen molar-refractivity contribution in [2.24, 2.45) is 20.0 Å².